The Bertz CT molecular complexity index is 1160. The number of nitrogens with one attached hydrogen (secondary N) is 1. The second-order valence-electron chi connectivity index (χ2n) is 8.09. The van der Waals surface area contributed by atoms with Gasteiger partial charge in [-0.3, -0.25) is 9.59 Å². The lowest BCUT2D eigenvalue weighted by molar-refractivity contribution is -0.144. The number of amides is 1. The third kappa shape index (κ3) is 4.92. The van der Waals surface area contributed by atoms with Crippen LogP contribution in [0.3, 0.4) is 0 Å². The molecule has 0 aliphatic rings. The van der Waals surface area contributed by atoms with Crippen molar-refractivity contribution >= 4 is 16.8 Å². The van der Waals surface area contributed by atoms with E-state index in [0.29, 0.717) is 12.7 Å². The van der Waals surface area contributed by atoms with Gasteiger partial charge in [0.15, 0.2) is 0 Å². The van der Waals surface area contributed by atoms with Crippen LogP contribution in [0, 0.1) is 12.8 Å². The summed E-state index contributed by atoms with van der Waals surface area (Å²) in [5.41, 5.74) is 2.30. The van der Waals surface area contributed by atoms with Crippen LogP contribution in [0.25, 0.3) is 16.6 Å². The number of hydrogen-bond acceptors (Lipinski definition) is 4. The van der Waals surface area contributed by atoms with Gasteiger partial charge >= 0.3 is 5.92 Å². The van der Waals surface area contributed by atoms with E-state index in [1.54, 1.807) is 30.2 Å². The minimum Gasteiger partial charge on any atom is -0.491 e. The summed E-state index contributed by atoms with van der Waals surface area (Å²) >= 11 is 0. The van der Waals surface area contributed by atoms with Crippen LogP contribution in [0.5, 0.6) is 5.75 Å². The normalized spacial score (nSPS) is 12.9. The number of benzene rings is 1. The Morgan fingerprint density at radius 2 is 2.00 bits per heavy atom. The number of nitrogens with zero attached hydrogens (tertiary/aromatic N) is 3. The van der Waals surface area contributed by atoms with E-state index in [1.807, 2.05) is 32.9 Å². The van der Waals surface area contributed by atoms with Crippen molar-refractivity contribution in [1.82, 2.24) is 19.7 Å². The van der Waals surface area contributed by atoms with Crippen LogP contribution in [0.2, 0.25) is 0 Å². The molecule has 0 radical (unpaired) electrons. The standard InChI is InChI=1S/C22H26F2N4O3/c1-13(2)17(26-21(30)22(4,23)24)12-31-19-9-15-10-25-28(18(15)8-14(19)3)16-6-7-20(29)27(5)11-16/h6-11,13,17H,12H2,1-5H3,(H,26,30). The van der Waals surface area contributed by atoms with Crippen LogP contribution in [0.4, 0.5) is 8.78 Å². The van der Waals surface area contributed by atoms with Gasteiger partial charge in [0.05, 0.1) is 23.4 Å². The molecule has 1 N–H and O–H groups in total. The molecule has 9 heteroatoms. The Morgan fingerprint density at radius 1 is 1.29 bits per heavy atom. The molecule has 0 aliphatic heterocycles. The minimum absolute atomic E-state index is 0.0563. The fourth-order valence-corrected chi connectivity index (χ4v) is 3.10. The van der Waals surface area contributed by atoms with Crippen molar-refractivity contribution in [2.24, 2.45) is 13.0 Å². The predicted octanol–water partition coefficient (Wildman–Crippen LogP) is 3.21. The predicted molar refractivity (Wildman–Crippen MR) is 114 cm³/mol. The van der Waals surface area contributed by atoms with E-state index in [1.165, 1.54) is 10.6 Å². The molecule has 166 valence electrons. The van der Waals surface area contributed by atoms with E-state index in [0.717, 1.165) is 22.2 Å². The third-order valence-corrected chi connectivity index (χ3v) is 5.12. The first-order valence-corrected chi connectivity index (χ1v) is 9.94. The quantitative estimate of drug-likeness (QED) is 0.622. The monoisotopic (exact) mass is 432 g/mol. The highest BCUT2D eigenvalue weighted by molar-refractivity contribution is 5.83. The van der Waals surface area contributed by atoms with Gasteiger partial charge in [-0.25, -0.2) is 4.68 Å². The molecule has 0 bridgehead atoms. The van der Waals surface area contributed by atoms with E-state index in [9.17, 15) is 18.4 Å². The summed E-state index contributed by atoms with van der Waals surface area (Å²) in [6.45, 7) is 6.16. The van der Waals surface area contributed by atoms with Crippen LogP contribution in [0.1, 0.15) is 26.3 Å². The lowest BCUT2D eigenvalue weighted by atomic mass is 10.0. The van der Waals surface area contributed by atoms with Gasteiger partial charge < -0.3 is 14.6 Å². The first-order chi connectivity index (χ1) is 14.5. The molecule has 31 heavy (non-hydrogen) atoms. The molecule has 3 rings (SSSR count). The minimum atomic E-state index is -3.45. The van der Waals surface area contributed by atoms with Crippen molar-refractivity contribution in [2.75, 3.05) is 6.61 Å². The number of hydrogen-bond donors (Lipinski definition) is 1. The molecular formula is C22H26F2N4O3. The third-order valence-electron chi connectivity index (χ3n) is 5.12. The summed E-state index contributed by atoms with van der Waals surface area (Å²) in [4.78, 5) is 23.3. The van der Waals surface area contributed by atoms with E-state index >= 15 is 0 Å². The largest absolute Gasteiger partial charge is 0.491 e. The number of carbonyl (C=O) groups is 1. The Morgan fingerprint density at radius 3 is 2.61 bits per heavy atom. The zero-order valence-corrected chi connectivity index (χ0v) is 18.1. The van der Waals surface area contributed by atoms with Crippen molar-refractivity contribution < 1.29 is 18.3 Å². The van der Waals surface area contributed by atoms with Crippen molar-refractivity contribution in [3.8, 4) is 11.4 Å². The van der Waals surface area contributed by atoms with E-state index in [2.05, 4.69) is 10.4 Å². The molecule has 0 saturated carbocycles. The van der Waals surface area contributed by atoms with Gasteiger partial charge in [-0.05, 0) is 36.6 Å². The molecule has 0 spiro atoms. The summed E-state index contributed by atoms with van der Waals surface area (Å²) in [5.74, 6) is -4.28. The molecular weight excluding hydrogens is 406 g/mol. The summed E-state index contributed by atoms with van der Waals surface area (Å²) in [5, 5.41) is 7.59. The van der Waals surface area contributed by atoms with E-state index < -0.39 is 17.9 Å². The summed E-state index contributed by atoms with van der Waals surface area (Å²) in [7, 11) is 1.67. The average Bonchev–Trinajstić information content (AvgIpc) is 3.08. The van der Waals surface area contributed by atoms with Gasteiger partial charge in [0.1, 0.15) is 12.4 Å². The molecule has 0 fully saturated rings. The molecule has 3 aromatic rings. The molecule has 2 heterocycles. The average molecular weight is 432 g/mol. The van der Waals surface area contributed by atoms with Crippen LogP contribution < -0.4 is 15.6 Å². The first-order valence-electron chi connectivity index (χ1n) is 9.94. The molecule has 1 aromatic carbocycles. The van der Waals surface area contributed by atoms with Gasteiger partial charge in [0, 0.05) is 31.6 Å². The molecule has 1 amide bonds. The van der Waals surface area contributed by atoms with Crippen molar-refractivity contribution in [3.05, 3.63) is 52.6 Å². The molecule has 0 saturated heterocycles. The Kier molecular flexibility index (Phi) is 6.15. The second kappa shape index (κ2) is 8.49. The van der Waals surface area contributed by atoms with Crippen LogP contribution in [0.15, 0.2) is 41.5 Å². The summed E-state index contributed by atoms with van der Waals surface area (Å²) in [6.07, 6.45) is 3.39. The number of fused-ring (bicyclic) bond motifs is 1. The second-order valence-corrected chi connectivity index (χ2v) is 8.09. The number of aryl methyl sites for hydroxylation is 2. The lowest BCUT2D eigenvalue weighted by Crippen LogP contribution is -2.48. The Balaban J connectivity index is 1.83. The van der Waals surface area contributed by atoms with Crippen LogP contribution >= 0.6 is 0 Å². The highest BCUT2D eigenvalue weighted by atomic mass is 19.3. The first kappa shape index (κ1) is 22.5. The fourth-order valence-electron chi connectivity index (χ4n) is 3.10. The number of ether oxygens (including phenoxy) is 1. The number of rotatable bonds is 7. The fraction of sp³-hybridized carbons (Fsp3) is 0.409. The SMILES string of the molecule is Cc1cc2c(cnn2-c2ccc(=O)n(C)c2)cc1OCC(NC(=O)C(C)(F)F)C(C)C. The number of aromatic nitrogens is 3. The van der Waals surface area contributed by atoms with Crippen molar-refractivity contribution in [1.29, 1.82) is 0 Å². The zero-order valence-electron chi connectivity index (χ0n) is 18.1. The topological polar surface area (TPSA) is 78.2 Å². The van der Waals surface area contributed by atoms with Gasteiger partial charge in [-0.1, -0.05) is 13.8 Å². The Hall–Kier alpha value is -3.23. The zero-order chi connectivity index (χ0) is 22.9. The molecule has 7 nitrogen and oxygen atoms in total. The number of carbonyl (C=O) groups excluding carboxylic acids is 1. The maximum absolute atomic E-state index is 13.2. The van der Waals surface area contributed by atoms with Gasteiger partial charge in [0.25, 0.3) is 5.91 Å². The van der Waals surface area contributed by atoms with Crippen LogP contribution in [-0.4, -0.2) is 38.8 Å². The van der Waals surface area contributed by atoms with E-state index in [4.69, 9.17) is 4.74 Å². The van der Waals surface area contributed by atoms with Gasteiger partial charge in [-0.15, -0.1) is 0 Å². The smallest absolute Gasteiger partial charge is 0.321 e. The molecule has 1 atom stereocenters. The Labute approximate surface area is 178 Å². The lowest BCUT2D eigenvalue weighted by Gasteiger charge is -2.24. The van der Waals surface area contributed by atoms with Gasteiger partial charge in [-0.2, -0.15) is 13.9 Å². The summed E-state index contributed by atoms with van der Waals surface area (Å²) in [6, 6.07) is 6.35. The van der Waals surface area contributed by atoms with Gasteiger partial charge in [0.2, 0.25) is 5.56 Å². The number of alkyl halides is 2. The number of halogens is 2. The van der Waals surface area contributed by atoms with Crippen molar-refractivity contribution in [2.45, 2.75) is 39.7 Å². The molecule has 2 aromatic heterocycles. The molecule has 0 aliphatic carbocycles. The van der Waals surface area contributed by atoms with E-state index in [-0.39, 0.29) is 18.1 Å². The maximum atomic E-state index is 13.2. The molecule has 1 unspecified atom stereocenters. The highest BCUT2D eigenvalue weighted by Gasteiger charge is 2.34. The maximum Gasteiger partial charge on any atom is 0.321 e. The van der Waals surface area contributed by atoms with Crippen LogP contribution in [-0.2, 0) is 11.8 Å². The highest BCUT2D eigenvalue weighted by Crippen LogP contribution is 2.27. The number of pyridine rings is 1. The van der Waals surface area contributed by atoms with Crippen molar-refractivity contribution in [3.63, 3.8) is 0 Å². The summed E-state index contributed by atoms with van der Waals surface area (Å²) < 4.78 is 35.6.